The molecule has 0 aliphatic carbocycles. The lowest BCUT2D eigenvalue weighted by Crippen LogP contribution is -2.33. The van der Waals surface area contributed by atoms with E-state index in [0.717, 1.165) is 29.1 Å². The van der Waals surface area contributed by atoms with Crippen LogP contribution in [0.4, 0.5) is 10.5 Å². The number of amides is 3. The number of rotatable bonds is 8. The second-order valence-electron chi connectivity index (χ2n) is 9.50. The first-order valence-electron chi connectivity index (χ1n) is 12.4. The number of carbonyl (C=O) groups is 2. The molecule has 0 radical (unpaired) electrons. The van der Waals surface area contributed by atoms with Crippen molar-refractivity contribution >= 4 is 23.3 Å². The molecule has 0 unspecified atom stereocenters. The molecule has 2 aromatic carbocycles. The zero-order valence-corrected chi connectivity index (χ0v) is 22.0. The fraction of sp³-hybridized carbons (Fsp3) is 0.276. The summed E-state index contributed by atoms with van der Waals surface area (Å²) in [4.78, 5) is 33.7. The molecule has 8 nitrogen and oxygen atoms in total. The Hall–Kier alpha value is -4.17. The fourth-order valence-corrected chi connectivity index (χ4v) is 4.15. The van der Waals surface area contributed by atoms with Gasteiger partial charge in [-0.15, -0.1) is 0 Å². The summed E-state index contributed by atoms with van der Waals surface area (Å²) in [5, 5.41) is 5.34. The molecule has 0 aliphatic heterocycles. The van der Waals surface area contributed by atoms with Gasteiger partial charge in [0.2, 0.25) is 0 Å². The lowest BCUT2D eigenvalue weighted by atomic mass is 10.1. The maximum atomic E-state index is 13.1. The van der Waals surface area contributed by atoms with Gasteiger partial charge in [-0.1, -0.05) is 42.5 Å². The van der Waals surface area contributed by atoms with Crippen LogP contribution in [-0.4, -0.2) is 58.3 Å². The van der Waals surface area contributed by atoms with Crippen LogP contribution in [0.5, 0.6) is 0 Å². The number of hydrogen-bond acceptors (Lipinski definition) is 4. The summed E-state index contributed by atoms with van der Waals surface area (Å²) in [6.45, 7) is 5.40. The van der Waals surface area contributed by atoms with Crippen LogP contribution in [0.15, 0.2) is 72.9 Å². The minimum absolute atomic E-state index is 0.0274. The summed E-state index contributed by atoms with van der Waals surface area (Å²) in [6, 6.07) is 21.5. The molecule has 0 atom stereocenters. The Balaban J connectivity index is 1.74. The van der Waals surface area contributed by atoms with Gasteiger partial charge in [-0.05, 0) is 50.7 Å². The number of benzene rings is 2. The zero-order chi connectivity index (χ0) is 26.5. The van der Waals surface area contributed by atoms with E-state index in [0.29, 0.717) is 17.8 Å². The van der Waals surface area contributed by atoms with E-state index in [1.807, 2.05) is 86.1 Å². The van der Waals surface area contributed by atoms with Crippen LogP contribution in [-0.2, 0) is 13.1 Å². The van der Waals surface area contributed by atoms with Gasteiger partial charge in [-0.2, -0.15) is 0 Å². The molecule has 2 N–H and O–H groups in total. The largest absolute Gasteiger partial charge is 0.341 e. The van der Waals surface area contributed by atoms with E-state index in [1.54, 1.807) is 11.9 Å². The molecule has 2 aromatic heterocycles. The Kier molecular flexibility index (Phi) is 7.89. The van der Waals surface area contributed by atoms with Gasteiger partial charge in [-0.3, -0.25) is 9.69 Å². The summed E-state index contributed by atoms with van der Waals surface area (Å²) in [5.74, 6) is -0.0274. The van der Waals surface area contributed by atoms with Crippen molar-refractivity contribution < 1.29 is 9.59 Å². The van der Waals surface area contributed by atoms with Crippen molar-refractivity contribution in [3.8, 4) is 11.3 Å². The molecule has 0 aliphatic rings. The SMILES string of the molecule is CNC(=O)Nc1ccc(-c2nc3ccc(C(=O)N(C)C(C)C)cn3c2CN(C)Cc2ccccc2)cc1. The standard InChI is InChI=1S/C29H34N6O2/c1-20(2)34(5)28(36)23-13-16-26-32-27(22-11-14-24(15-12-22)31-29(37)30-3)25(35(26)18-23)19-33(4)17-21-9-7-6-8-10-21/h6-16,18,20H,17,19H2,1-5H3,(H2,30,31,37). The first-order chi connectivity index (χ1) is 17.8. The molecule has 3 amide bonds. The molecule has 2 heterocycles. The van der Waals surface area contributed by atoms with Crippen molar-refractivity contribution in [2.45, 2.75) is 33.0 Å². The van der Waals surface area contributed by atoms with Crippen LogP contribution in [0.25, 0.3) is 16.9 Å². The maximum absolute atomic E-state index is 13.1. The molecule has 4 rings (SSSR count). The van der Waals surface area contributed by atoms with Gasteiger partial charge in [0.25, 0.3) is 5.91 Å². The summed E-state index contributed by atoms with van der Waals surface area (Å²) >= 11 is 0. The Bertz CT molecular complexity index is 1380. The highest BCUT2D eigenvalue weighted by molar-refractivity contribution is 5.94. The van der Waals surface area contributed by atoms with Crippen molar-refractivity contribution in [1.82, 2.24) is 24.5 Å². The van der Waals surface area contributed by atoms with E-state index in [4.69, 9.17) is 4.98 Å². The maximum Gasteiger partial charge on any atom is 0.318 e. The van der Waals surface area contributed by atoms with Crippen LogP contribution in [0.1, 0.15) is 35.5 Å². The van der Waals surface area contributed by atoms with Crippen molar-refractivity contribution in [2.24, 2.45) is 0 Å². The molecule has 0 spiro atoms. The molecule has 37 heavy (non-hydrogen) atoms. The number of fused-ring (bicyclic) bond motifs is 1. The fourth-order valence-electron chi connectivity index (χ4n) is 4.15. The molecule has 8 heteroatoms. The van der Waals surface area contributed by atoms with Gasteiger partial charge >= 0.3 is 6.03 Å². The van der Waals surface area contributed by atoms with E-state index < -0.39 is 0 Å². The van der Waals surface area contributed by atoms with Crippen molar-refractivity contribution in [3.05, 3.63) is 89.7 Å². The molecule has 0 bridgehead atoms. The van der Waals surface area contributed by atoms with Crippen molar-refractivity contribution in [1.29, 1.82) is 0 Å². The number of aromatic nitrogens is 2. The zero-order valence-electron chi connectivity index (χ0n) is 22.0. The molecule has 4 aromatic rings. The number of anilines is 1. The third kappa shape index (κ3) is 5.98. The Labute approximate surface area is 217 Å². The number of hydrogen-bond donors (Lipinski definition) is 2. The highest BCUT2D eigenvalue weighted by Crippen LogP contribution is 2.28. The monoisotopic (exact) mass is 498 g/mol. The smallest absolute Gasteiger partial charge is 0.318 e. The number of urea groups is 1. The van der Waals surface area contributed by atoms with E-state index >= 15 is 0 Å². The third-order valence-electron chi connectivity index (χ3n) is 6.42. The van der Waals surface area contributed by atoms with E-state index in [-0.39, 0.29) is 18.0 Å². The normalized spacial score (nSPS) is 11.2. The van der Waals surface area contributed by atoms with Crippen LogP contribution < -0.4 is 10.6 Å². The van der Waals surface area contributed by atoms with E-state index in [2.05, 4.69) is 34.7 Å². The summed E-state index contributed by atoms with van der Waals surface area (Å²) < 4.78 is 2.02. The van der Waals surface area contributed by atoms with Gasteiger partial charge < -0.3 is 19.9 Å². The predicted octanol–water partition coefficient (Wildman–Crippen LogP) is 4.87. The number of carbonyl (C=O) groups excluding carboxylic acids is 2. The Morgan fingerprint density at radius 1 is 0.946 bits per heavy atom. The minimum Gasteiger partial charge on any atom is -0.341 e. The molecule has 192 valence electrons. The molecule has 0 fully saturated rings. The lowest BCUT2D eigenvalue weighted by Gasteiger charge is -2.22. The molecule has 0 saturated heterocycles. The third-order valence-corrected chi connectivity index (χ3v) is 6.42. The van der Waals surface area contributed by atoms with Gasteiger partial charge in [-0.25, -0.2) is 9.78 Å². The van der Waals surface area contributed by atoms with E-state index in [9.17, 15) is 9.59 Å². The van der Waals surface area contributed by atoms with Crippen LogP contribution in [0, 0.1) is 0 Å². The first kappa shape index (κ1) is 25.9. The minimum atomic E-state index is -0.271. The summed E-state index contributed by atoms with van der Waals surface area (Å²) in [6.07, 6.45) is 1.89. The average molecular weight is 499 g/mol. The average Bonchev–Trinajstić information content (AvgIpc) is 3.25. The van der Waals surface area contributed by atoms with Crippen molar-refractivity contribution in [3.63, 3.8) is 0 Å². The van der Waals surface area contributed by atoms with Gasteiger partial charge in [0.15, 0.2) is 0 Å². The topological polar surface area (TPSA) is 82.0 Å². The number of pyridine rings is 1. The summed E-state index contributed by atoms with van der Waals surface area (Å²) in [5.41, 5.74) is 6.06. The number of nitrogens with one attached hydrogen (secondary N) is 2. The van der Waals surface area contributed by atoms with Crippen LogP contribution >= 0.6 is 0 Å². The predicted molar refractivity (Wildman–Crippen MR) is 148 cm³/mol. The first-order valence-corrected chi connectivity index (χ1v) is 12.4. The van der Waals surface area contributed by atoms with Crippen LogP contribution in [0.2, 0.25) is 0 Å². The highest BCUT2D eigenvalue weighted by atomic mass is 16.2. The van der Waals surface area contributed by atoms with Crippen LogP contribution in [0.3, 0.4) is 0 Å². The molecular weight excluding hydrogens is 464 g/mol. The lowest BCUT2D eigenvalue weighted by molar-refractivity contribution is 0.0754. The summed E-state index contributed by atoms with van der Waals surface area (Å²) in [7, 11) is 5.48. The van der Waals surface area contributed by atoms with E-state index in [1.165, 1.54) is 5.56 Å². The highest BCUT2D eigenvalue weighted by Gasteiger charge is 2.20. The van der Waals surface area contributed by atoms with Gasteiger partial charge in [0, 0.05) is 50.7 Å². The molecular formula is C29H34N6O2. The number of imidazole rings is 1. The quantitative estimate of drug-likeness (QED) is 0.363. The molecule has 0 saturated carbocycles. The second-order valence-corrected chi connectivity index (χ2v) is 9.50. The Morgan fingerprint density at radius 2 is 1.65 bits per heavy atom. The Morgan fingerprint density at radius 3 is 2.30 bits per heavy atom. The second kappa shape index (κ2) is 11.3. The number of nitrogens with zero attached hydrogens (tertiary/aromatic N) is 4. The van der Waals surface area contributed by atoms with Crippen molar-refractivity contribution in [2.75, 3.05) is 26.5 Å². The van der Waals surface area contributed by atoms with Gasteiger partial charge in [0.05, 0.1) is 17.0 Å². The van der Waals surface area contributed by atoms with Gasteiger partial charge in [0.1, 0.15) is 5.65 Å².